The van der Waals surface area contributed by atoms with E-state index in [0.29, 0.717) is 0 Å². The molecule has 1 aromatic rings. The van der Waals surface area contributed by atoms with Crippen molar-refractivity contribution in [3.05, 3.63) is 35.9 Å². The lowest BCUT2D eigenvalue weighted by atomic mass is 10.1. The molecule has 0 N–H and O–H groups in total. The SMILES string of the molecule is CCCSC1CC(c2ccccc2)=NO1. The van der Waals surface area contributed by atoms with Gasteiger partial charge < -0.3 is 4.84 Å². The lowest BCUT2D eigenvalue weighted by Gasteiger charge is -2.05. The van der Waals surface area contributed by atoms with Gasteiger partial charge in [0.1, 0.15) is 0 Å². The van der Waals surface area contributed by atoms with Crippen LogP contribution in [0.25, 0.3) is 0 Å². The predicted octanol–water partition coefficient (Wildman–Crippen LogP) is 3.28. The molecule has 2 rings (SSSR count). The summed E-state index contributed by atoms with van der Waals surface area (Å²) in [5.74, 6) is 1.14. The molecule has 1 unspecified atom stereocenters. The first-order valence-electron chi connectivity index (χ1n) is 5.30. The number of thioether (sulfide) groups is 1. The van der Waals surface area contributed by atoms with Crippen LogP contribution in [-0.4, -0.2) is 16.9 Å². The summed E-state index contributed by atoms with van der Waals surface area (Å²) in [5, 5.41) is 4.14. The molecule has 0 fully saturated rings. The van der Waals surface area contributed by atoms with Crippen molar-refractivity contribution < 1.29 is 4.84 Å². The molecular weight excluding hydrogens is 206 g/mol. The molecule has 1 aromatic carbocycles. The molecule has 80 valence electrons. The third-order valence-electron chi connectivity index (χ3n) is 2.26. The van der Waals surface area contributed by atoms with Crippen molar-refractivity contribution >= 4 is 17.5 Å². The molecule has 3 heteroatoms. The molecule has 1 heterocycles. The largest absolute Gasteiger partial charge is 0.381 e. The minimum Gasteiger partial charge on any atom is -0.381 e. The highest BCUT2D eigenvalue weighted by atomic mass is 32.2. The van der Waals surface area contributed by atoms with Crippen molar-refractivity contribution in [1.82, 2.24) is 0 Å². The first kappa shape index (κ1) is 10.6. The Morgan fingerprint density at radius 1 is 1.40 bits per heavy atom. The average molecular weight is 221 g/mol. The molecule has 0 amide bonds. The summed E-state index contributed by atoms with van der Waals surface area (Å²) >= 11 is 1.85. The van der Waals surface area contributed by atoms with Crippen LogP contribution in [0.3, 0.4) is 0 Å². The van der Waals surface area contributed by atoms with Crippen LogP contribution >= 0.6 is 11.8 Å². The molecule has 1 aliphatic heterocycles. The maximum atomic E-state index is 5.37. The summed E-state index contributed by atoms with van der Waals surface area (Å²) < 4.78 is 0. The maximum Gasteiger partial charge on any atom is 0.178 e. The maximum absolute atomic E-state index is 5.37. The van der Waals surface area contributed by atoms with Gasteiger partial charge in [-0.3, -0.25) is 0 Å². The average Bonchev–Trinajstić information content (AvgIpc) is 2.76. The minimum absolute atomic E-state index is 0.222. The number of rotatable bonds is 4. The molecular formula is C12H15NOS. The molecule has 1 atom stereocenters. The van der Waals surface area contributed by atoms with Gasteiger partial charge in [-0.2, -0.15) is 0 Å². The van der Waals surface area contributed by atoms with Crippen molar-refractivity contribution in [2.45, 2.75) is 25.2 Å². The van der Waals surface area contributed by atoms with Gasteiger partial charge in [0.2, 0.25) is 0 Å². The third-order valence-corrected chi connectivity index (χ3v) is 3.52. The monoisotopic (exact) mass is 221 g/mol. The van der Waals surface area contributed by atoms with Gasteiger partial charge in [0.15, 0.2) is 5.44 Å². The second-order valence-corrected chi connectivity index (χ2v) is 4.78. The van der Waals surface area contributed by atoms with E-state index < -0.39 is 0 Å². The van der Waals surface area contributed by atoms with Gasteiger partial charge in [0.05, 0.1) is 5.71 Å². The molecule has 0 bridgehead atoms. The Morgan fingerprint density at radius 3 is 2.93 bits per heavy atom. The van der Waals surface area contributed by atoms with Crippen molar-refractivity contribution in [2.75, 3.05) is 5.75 Å². The van der Waals surface area contributed by atoms with Crippen LogP contribution in [-0.2, 0) is 4.84 Å². The number of nitrogens with zero attached hydrogens (tertiary/aromatic N) is 1. The molecule has 0 aliphatic carbocycles. The van der Waals surface area contributed by atoms with Crippen LogP contribution in [0, 0.1) is 0 Å². The third kappa shape index (κ3) is 2.75. The molecule has 0 spiro atoms. The molecule has 2 nitrogen and oxygen atoms in total. The second kappa shape index (κ2) is 5.21. The Morgan fingerprint density at radius 2 is 2.20 bits per heavy atom. The summed E-state index contributed by atoms with van der Waals surface area (Å²) in [6, 6.07) is 10.2. The zero-order chi connectivity index (χ0) is 10.5. The van der Waals surface area contributed by atoms with Gasteiger partial charge in [-0.1, -0.05) is 42.4 Å². The first-order chi connectivity index (χ1) is 7.40. The van der Waals surface area contributed by atoms with E-state index in [1.54, 1.807) is 0 Å². The lowest BCUT2D eigenvalue weighted by molar-refractivity contribution is 0.148. The highest BCUT2D eigenvalue weighted by molar-refractivity contribution is 7.99. The minimum atomic E-state index is 0.222. The smallest absolute Gasteiger partial charge is 0.178 e. The normalized spacial score (nSPS) is 19.8. The summed E-state index contributed by atoms with van der Waals surface area (Å²) in [4.78, 5) is 5.37. The topological polar surface area (TPSA) is 21.6 Å². The zero-order valence-electron chi connectivity index (χ0n) is 8.85. The van der Waals surface area contributed by atoms with Crippen LogP contribution < -0.4 is 0 Å². The number of benzene rings is 1. The quantitative estimate of drug-likeness (QED) is 0.778. The Labute approximate surface area is 94.7 Å². The standard InChI is InChI=1S/C12H15NOS/c1-2-8-15-12-9-11(13-14-12)10-6-4-3-5-7-10/h3-7,12H,2,8-9H2,1H3. The van der Waals surface area contributed by atoms with E-state index in [9.17, 15) is 0 Å². The molecule has 0 saturated carbocycles. The van der Waals surface area contributed by atoms with E-state index in [4.69, 9.17) is 4.84 Å². The summed E-state index contributed by atoms with van der Waals surface area (Å²) in [6.45, 7) is 2.18. The van der Waals surface area contributed by atoms with E-state index in [1.807, 2.05) is 30.0 Å². The zero-order valence-corrected chi connectivity index (χ0v) is 9.67. The fraction of sp³-hybridized carbons (Fsp3) is 0.417. The van der Waals surface area contributed by atoms with Gasteiger partial charge in [-0.25, -0.2) is 0 Å². The summed E-state index contributed by atoms with van der Waals surface area (Å²) in [6.07, 6.45) is 2.11. The predicted molar refractivity (Wildman–Crippen MR) is 65.2 cm³/mol. The molecule has 0 radical (unpaired) electrons. The molecule has 0 saturated heterocycles. The fourth-order valence-corrected chi connectivity index (χ4v) is 2.37. The molecule has 1 aliphatic rings. The van der Waals surface area contributed by atoms with Crippen LogP contribution in [0.5, 0.6) is 0 Å². The van der Waals surface area contributed by atoms with E-state index >= 15 is 0 Å². The number of oxime groups is 1. The molecule has 0 aromatic heterocycles. The summed E-state index contributed by atoms with van der Waals surface area (Å²) in [5.41, 5.74) is 2.47. The molecule has 15 heavy (non-hydrogen) atoms. The highest BCUT2D eigenvalue weighted by Crippen LogP contribution is 2.25. The van der Waals surface area contributed by atoms with E-state index in [-0.39, 0.29) is 5.44 Å². The Hall–Kier alpha value is -0.960. The first-order valence-corrected chi connectivity index (χ1v) is 6.34. The van der Waals surface area contributed by atoms with Crippen molar-refractivity contribution in [3.8, 4) is 0 Å². The van der Waals surface area contributed by atoms with Gasteiger partial charge in [0.25, 0.3) is 0 Å². The van der Waals surface area contributed by atoms with Crippen LogP contribution in [0.1, 0.15) is 25.3 Å². The highest BCUT2D eigenvalue weighted by Gasteiger charge is 2.21. The van der Waals surface area contributed by atoms with Gasteiger partial charge in [-0.05, 0) is 17.7 Å². The summed E-state index contributed by atoms with van der Waals surface area (Å²) in [7, 11) is 0. The van der Waals surface area contributed by atoms with E-state index in [0.717, 1.165) is 17.9 Å². The van der Waals surface area contributed by atoms with Crippen LogP contribution in [0.15, 0.2) is 35.5 Å². The Kier molecular flexibility index (Phi) is 3.67. The van der Waals surface area contributed by atoms with Crippen molar-refractivity contribution in [3.63, 3.8) is 0 Å². The Bertz CT molecular complexity index is 337. The Balaban J connectivity index is 1.92. The van der Waals surface area contributed by atoms with Crippen molar-refractivity contribution in [2.24, 2.45) is 5.16 Å². The van der Waals surface area contributed by atoms with E-state index in [2.05, 4.69) is 24.2 Å². The number of hydrogen-bond acceptors (Lipinski definition) is 3. The van der Waals surface area contributed by atoms with Crippen LogP contribution in [0.2, 0.25) is 0 Å². The van der Waals surface area contributed by atoms with Gasteiger partial charge >= 0.3 is 0 Å². The van der Waals surface area contributed by atoms with Crippen molar-refractivity contribution in [1.29, 1.82) is 0 Å². The fourth-order valence-electron chi connectivity index (χ4n) is 1.49. The lowest BCUT2D eigenvalue weighted by Crippen LogP contribution is -2.04. The number of hydrogen-bond donors (Lipinski definition) is 0. The van der Waals surface area contributed by atoms with Gasteiger partial charge in [0, 0.05) is 6.42 Å². The van der Waals surface area contributed by atoms with E-state index in [1.165, 1.54) is 12.0 Å². The second-order valence-electron chi connectivity index (χ2n) is 3.51. The van der Waals surface area contributed by atoms with Crippen LogP contribution in [0.4, 0.5) is 0 Å². The van der Waals surface area contributed by atoms with Gasteiger partial charge in [-0.15, -0.1) is 11.8 Å².